The number of aromatic nitrogens is 4. The highest BCUT2D eigenvalue weighted by atomic mass is 15.1. The summed E-state index contributed by atoms with van der Waals surface area (Å²) in [5, 5.41) is 1.14. The summed E-state index contributed by atoms with van der Waals surface area (Å²) < 4.78 is 2.04. The average Bonchev–Trinajstić information content (AvgIpc) is 3.28. The van der Waals surface area contributed by atoms with Crippen LogP contribution in [0.1, 0.15) is 12.8 Å². The molecule has 0 aliphatic carbocycles. The maximum atomic E-state index is 6.06. The van der Waals surface area contributed by atoms with E-state index >= 15 is 0 Å². The first-order chi connectivity index (χ1) is 15.7. The fourth-order valence-corrected chi connectivity index (χ4v) is 4.50. The summed E-state index contributed by atoms with van der Waals surface area (Å²) in [7, 11) is 0. The van der Waals surface area contributed by atoms with E-state index in [0.717, 1.165) is 64.8 Å². The highest BCUT2D eigenvalue weighted by Gasteiger charge is 2.17. The smallest absolute Gasteiger partial charge is 0.139 e. The molecule has 0 saturated carbocycles. The Hall–Kier alpha value is -3.77. The number of fused-ring (bicyclic) bond motifs is 2. The van der Waals surface area contributed by atoms with Crippen LogP contribution in [0.5, 0.6) is 0 Å². The number of rotatable bonds is 3. The van der Waals surface area contributed by atoms with Crippen LogP contribution in [0.25, 0.3) is 38.9 Å². The van der Waals surface area contributed by atoms with E-state index in [1.54, 1.807) is 6.20 Å². The van der Waals surface area contributed by atoms with Gasteiger partial charge in [-0.1, -0.05) is 12.1 Å². The lowest BCUT2D eigenvalue weighted by atomic mass is 10.0. The van der Waals surface area contributed by atoms with Crippen molar-refractivity contribution in [2.24, 2.45) is 5.73 Å². The molecule has 6 heteroatoms. The molecule has 158 valence electrons. The van der Waals surface area contributed by atoms with Crippen LogP contribution in [0.2, 0.25) is 0 Å². The van der Waals surface area contributed by atoms with Crippen molar-refractivity contribution in [3.05, 3.63) is 79.4 Å². The number of nitrogens with zero attached hydrogens (tertiary/aromatic N) is 5. The van der Waals surface area contributed by atoms with E-state index < -0.39 is 0 Å². The third-order valence-corrected chi connectivity index (χ3v) is 6.35. The van der Waals surface area contributed by atoms with Crippen molar-refractivity contribution in [3.8, 4) is 16.9 Å². The summed E-state index contributed by atoms with van der Waals surface area (Å²) in [5.41, 5.74) is 12.4. The van der Waals surface area contributed by atoms with E-state index in [1.807, 2.05) is 23.2 Å². The van der Waals surface area contributed by atoms with Gasteiger partial charge >= 0.3 is 0 Å². The standard InChI is InChI=1S/C26H24N6/c27-21-9-12-31(13-10-21)22-5-6-23-19(14-22)4-8-26(30-23)32-17-29-24-15-18(3-7-25(24)32)20-2-1-11-28-16-20/h1-8,11,14-17,21H,9-10,12-13,27H2. The van der Waals surface area contributed by atoms with Crippen molar-refractivity contribution in [2.45, 2.75) is 18.9 Å². The van der Waals surface area contributed by atoms with Gasteiger partial charge in [0, 0.05) is 48.2 Å². The second-order valence-electron chi connectivity index (χ2n) is 8.43. The molecule has 3 aromatic heterocycles. The third-order valence-electron chi connectivity index (χ3n) is 6.35. The summed E-state index contributed by atoms with van der Waals surface area (Å²) in [6.07, 6.45) is 7.59. The minimum Gasteiger partial charge on any atom is -0.371 e. The number of benzene rings is 2. The molecule has 1 saturated heterocycles. The van der Waals surface area contributed by atoms with Gasteiger partial charge in [-0.15, -0.1) is 0 Å². The zero-order chi connectivity index (χ0) is 21.5. The van der Waals surface area contributed by atoms with Crippen molar-refractivity contribution in [1.82, 2.24) is 19.5 Å². The van der Waals surface area contributed by atoms with Crippen LogP contribution in [0.3, 0.4) is 0 Å². The Balaban J connectivity index is 1.33. The molecule has 0 radical (unpaired) electrons. The van der Waals surface area contributed by atoms with Crippen LogP contribution in [0, 0.1) is 0 Å². The number of hydrogen-bond donors (Lipinski definition) is 1. The molecule has 2 aromatic carbocycles. The van der Waals surface area contributed by atoms with Gasteiger partial charge in [0.2, 0.25) is 0 Å². The van der Waals surface area contributed by atoms with E-state index in [4.69, 9.17) is 10.7 Å². The number of pyridine rings is 2. The van der Waals surface area contributed by atoms with Crippen LogP contribution in [-0.4, -0.2) is 38.7 Å². The third kappa shape index (κ3) is 3.39. The fourth-order valence-electron chi connectivity index (χ4n) is 4.50. The molecule has 5 aromatic rings. The molecule has 0 bridgehead atoms. The first-order valence-electron chi connectivity index (χ1n) is 11.0. The molecule has 1 fully saturated rings. The first kappa shape index (κ1) is 19.0. The molecule has 4 heterocycles. The van der Waals surface area contributed by atoms with Gasteiger partial charge in [-0.2, -0.15) is 0 Å². The van der Waals surface area contributed by atoms with Gasteiger partial charge in [-0.05, 0) is 66.9 Å². The van der Waals surface area contributed by atoms with E-state index in [-0.39, 0.29) is 0 Å². The number of anilines is 1. The van der Waals surface area contributed by atoms with Gasteiger partial charge in [0.1, 0.15) is 12.1 Å². The second-order valence-corrected chi connectivity index (χ2v) is 8.43. The largest absolute Gasteiger partial charge is 0.371 e. The molecule has 0 spiro atoms. The van der Waals surface area contributed by atoms with Gasteiger partial charge in [-0.25, -0.2) is 9.97 Å². The maximum Gasteiger partial charge on any atom is 0.139 e. The summed E-state index contributed by atoms with van der Waals surface area (Å²) >= 11 is 0. The monoisotopic (exact) mass is 420 g/mol. The highest BCUT2D eigenvalue weighted by Crippen LogP contribution is 2.27. The maximum absolute atomic E-state index is 6.06. The van der Waals surface area contributed by atoms with Crippen LogP contribution in [0.4, 0.5) is 5.69 Å². The van der Waals surface area contributed by atoms with Gasteiger partial charge in [0.25, 0.3) is 0 Å². The lowest BCUT2D eigenvalue weighted by Gasteiger charge is -2.32. The first-order valence-corrected chi connectivity index (χ1v) is 11.0. The molecule has 2 N–H and O–H groups in total. The van der Waals surface area contributed by atoms with E-state index in [0.29, 0.717) is 6.04 Å². The van der Waals surface area contributed by atoms with E-state index in [2.05, 4.69) is 69.5 Å². The highest BCUT2D eigenvalue weighted by molar-refractivity contribution is 5.85. The Morgan fingerprint density at radius 1 is 0.875 bits per heavy atom. The Bertz CT molecular complexity index is 1400. The number of piperidine rings is 1. The molecule has 1 aliphatic rings. The van der Waals surface area contributed by atoms with Crippen molar-refractivity contribution < 1.29 is 0 Å². The molecule has 1 aliphatic heterocycles. The predicted octanol–water partition coefficient (Wildman–Crippen LogP) is 4.56. The quantitative estimate of drug-likeness (QED) is 0.463. The van der Waals surface area contributed by atoms with E-state index in [9.17, 15) is 0 Å². The number of hydrogen-bond acceptors (Lipinski definition) is 5. The molecule has 0 atom stereocenters. The lowest BCUT2D eigenvalue weighted by Crippen LogP contribution is -2.39. The Morgan fingerprint density at radius 3 is 2.62 bits per heavy atom. The second kappa shape index (κ2) is 7.73. The molecule has 32 heavy (non-hydrogen) atoms. The van der Waals surface area contributed by atoms with E-state index in [1.165, 1.54) is 5.69 Å². The fraction of sp³-hybridized carbons (Fsp3) is 0.192. The summed E-state index contributed by atoms with van der Waals surface area (Å²) in [5.74, 6) is 0.867. The van der Waals surface area contributed by atoms with Crippen LogP contribution in [0.15, 0.2) is 79.4 Å². The molecular formula is C26H24N6. The van der Waals surface area contributed by atoms with Crippen molar-refractivity contribution in [1.29, 1.82) is 0 Å². The minimum atomic E-state index is 0.335. The summed E-state index contributed by atoms with van der Waals surface area (Å²) in [6, 6.07) is 21.4. The van der Waals surface area contributed by atoms with Gasteiger partial charge < -0.3 is 10.6 Å². The molecule has 6 nitrogen and oxygen atoms in total. The Kier molecular flexibility index (Phi) is 4.58. The predicted molar refractivity (Wildman–Crippen MR) is 129 cm³/mol. The normalized spacial score (nSPS) is 15.0. The van der Waals surface area contributed by atoms with Gasteiger partial charge in [0.05, 0.1) is 16.6 Å². The van der Waals surface area contributed by atoms with Crippen molar-refractivity contribution >= 4 is 27.6 Å². The average molecular weight is 421 g/mol. The van der Waals surface area contributed by atoms with Crippen LogP contribution in [-0.2, 0) is 0 Å². The number of imidazole rings is 1. The Morgan fingerprint density at radius 2 is 1.78 bits per heavy atom. The minimum absolute atomic E-state index is 0.335. The summed E-state index contributed by atoms with van der Waals surface area (Å²) in [4.78, 5) is 16.2. The molecule has 0 unspecified atom stereocenters. The van der Waals surface area contributed by atoms with Crippen molar-refractivity contribution in [3.63, 3.8) is 0 Å². The number of nitrogens with two attached hydrogens (primary N) is 1. The molecular weight excluding hydrogens is 396 g/mol. The zero-order valence-corrected chi connectivity index (χ0v) is 17.7. The SMILES string of the molecule is NC1CCN(c2ccc3nc(-n4cnc5cc(-c6cccnc6)ccc54)ccc3c2)CC1. The van der Waals surface area contributed by atoms with Crippen LogP contribution >= 0.6 is 0 Å². The topological polar surface area (TPSA) is 72.9 Å². The zero-order valence-electron chi connectivity index (χ0n) is 17.7. The molecule has 0 amide bonds. The van der Waals surface area contributed by atoms with Crippen molar-refractivity contribution in [2.75, 3.05) is 18.0 Å². The summed E-state index contributed by atoms with van der Waals surface area (Å²) in [6.45, 7) is 2.03. The van der Waals surface area contributed by atoms with Gasteiger partial charge in [-0.3, -0.25) is 9.55 Å². The molecule has 6 rings (SSSR count). The Labute approximate surface area is 186 Å². The lowest BCUT2D eigenvalue weighted by molar-refractivity contribution is 0.501. The van der Waals surface area contributed by atoms with Crippen LogP contribution < -0.4 is 10.6 Å². The van der Waals surface area contributed by atoms with Gasteiger partial charge in [0.15, 0.2) is 0 Å².